The number of guanidine groups is 1. The van der Waals surface area contributed by atoms with Gasteiger partial charge in [-0.05, 0) is 31.3 Å². The number of nitrogens with zero attached hydrogens (tertiary/aromatic N) is 4. The van der Waals surface area contributed by atoms with E-state index in [0.29, 0.717) is 12.2 Å². The van der Waals surface area contributed by atoms with E-state index in [0.717, 1.165) is 0 Å². The summed E-state index contributed by atoms with van der Waals surface area (Å²) in [6.45, 7) is -0.891. The smallest absolute Gasteiger partial charge is 0.305 e. The average molecular weight is 598 g/mol. The van der Waals surface area contributed by atoms with Crippen molar-refractivity contribution in [1.82, 2.24) is 41.6 Å². The first-order valence-electron chi connectivity index (χ1n) is 12.6. The van der Waals surface area contributed by atoms with Crippen LogP contribution in [-0.2, 0) is 41.9 Å². The van der Waals surface area contributed by atoms with Crippen molar-refractivity contribution in [2.75, 3.05) is 25.1 Å². The molecule has 2 rings (SSSR count). The molecule has 0 aliphatic carbocycles. The molecule has 226 valence electrons. The molecule has 1 aliphatic rings. The molecule has 0 spiro atoms. The molecule has 2 heterocycles. The Balaban J connectivity index is 2.31. The number of fused-ring (bicyclic) bond motifs is 2. The number of nitrogens with one attached hydrogen (secondary N) is 5. The van der Waals surface area contributed by atoms with Crippen LogP contribution in [0.4, 0.5) is 0 Å². The number of aromatic nitrogens is 3. The van der Waals surface area contributed by atoms with Crippen molar-refractivity contribution in [3.8, 4) is 0 Å². The normalized spacial score (nSPS) is 21.1. The van der Waals surface area contributed by atoms with Gasteiger partial charge in [0.15, 0.2) is 5.96 Å². The number of carboxylic acids is 1. The van der Waals surface area contributed by atoms with Crippen molar-refractivity contribution >= 4 is 53.2 Å². The van der Waals surface area contributed by atoms with E-state index in [9.17, 15) is 33.9 Å². The molecule has 19 heteroatoms. The van der Waals surface area contributed by atoms with Gasteiger partial charge in [0.1, 0.15) is 30.4 Å². The van der Waals surface area contributed by atoms with Crippen LogP contribution in [-0.4, -0.2) is 105 Å². The maximum Gasteiger partial charge on any atom is 0.305 e. The molecule has 1 aromatic rings. The number of carboxylic acid groups (broad SMARTS) is 1. The van der Waals surface area contributed by atoms with E-state index < -0.39 is 66.6 Å². The van der Waals surface area contributed by atoms with Crippen LogP contribution in [0.5, 0.6) is 0 Å². The topological polar surface area (TPSA) is 278 Å². The van der Waals surface area contributed by atoms with Gasteiger partial charge in [0.25, 0.3) is 0 Å². The number of carbonyl (C=O) groups excluding carboxylic acids is 5. The number of hydrogen-bond acceptors (Lipinski definition) is 10. The second-order valence-electron chi connectivity index (χ2n) is 8.97. The Kier molecular flexibility index (Phi) is 13.3. The van der Waals surface area contributed by atoms with Crippen LogP contribution in [0.25, 0.3) is 0 Å². The molecular formula is C22H35N11O7S. The molecule has 0 saturated heterocycles. The lowest BCUT2D eigenvalue weighted by molar-refractivity contribution is -0.140. The molecule has 1 aliphatic heterocycles. The first-order valence-corrected chi connectivity index (χ1v) is 14.0. The van der Waals surface area contributed by atoms with Gasteiger partial charge in [-0.15, -0.1) is 5.10 Å². The van der Waals surface area contributed by atoms with Crippen LogP contribution >= 0.6 is 11.8 Å². The zero-order valence-electron chi connectivity index (χ0n) is 22.4. The Morgan fingerprint density at radius 1 is 1.00 bits per heavy atom. The second-order valence-corrected chi connectivity index (χ2v) is 9.96. The van der Waals surface area contributed by atoms with Crippen LogP contribution in [0.2, 0.25) is 0 Å². The number of aliphatic carboxylic acids is 1. The molecule has 0 aromatic carbocycles. The fraction of sp³-hybridized carbons (Fsp3) is 0.591. The van der Waals surface area contributed by atoms with Crippen LogP contribution < -0.4 is 38.1 Å². The number of nitrogens with two attached hydrogens (primary N) is 2. The van der Waals surface area contributed by atoms with Gasteiger partial charge in [0.05, 0.1) is 25.7 Å². The van der Waals surface area contributed by atoms with Crippen molar-refractivity contribution < 1.29 is 33.9 Å². The minimum absolute atomic E-state index is 0.0882. The molecule has 0 unspecified atom stereocenters. The number of hydrogen-bond donors (Lipinski definition) is 8. The quantitative estimate of drug-likeness (QED) is 0.0763. The monoisotopic (exact) mass is 597 g/mol. The fourth-order valence-corrected chi connectivity index (χ4v) is 4.13. The highest BCUT2D eigenvalue weighted by Crippen LogP contribution is 2.05. The van der Waals surface area contributed by atoms with Crippen LogP contribution in [0.3, 0.4) is 0 Å². The molecule has 41 heavy (non-hydrogen) atoms. The van der Waals surface area contributed by atoms with Crippen molar-refractivity contribution in [2.24, 2.45) is 16.5 Å². The Morgan fingerprint density at radius 2 is 1.66 bits per heavy atom. The summed E-state index contributed by atoms with van der Waals surface area (Å²) >= 11 is 1.46. The minimum Gasteiger partial charge on any atom is -0.481 e. The van der Waals surface area contributed by atoms with E-state index in [1.807, 2.05) is 6.26 Å². The first kappa shape index (κ1) is 32.8. The maximum absolute atomic E-state index is 13.2. The predicted molar refractivity (Wildman–Crippen MR) is 146 cm³/mol. The van der Waals surface area contributed by atoms with Gasteiger partial charge in [-0.25, -0.2) is 4.68 Å². The maximum atomic E-state index is 13.2. The summed E-state index contributed by atoms with van der Waals surface area (Å²) in [5, 5.41) is 29.2. The summed E-state index contributed by atoms with van der Waals surface area (Å²) in [6, 6.07) is -3.56. The Morgan fingerprint density at radius 3 is 2.34 bits per heavy atom. The molecule has 1 aromatic heterocycles. The molecule has 18 nitrogen and oxygen atoms in total. The number of aliphatic imine (C=N–C) groups is 1. The van der Waals surface area contributed by atoms with E-state index >= 15 is 0 Å². The molecular weight excluding hydrogens is 562 g/mol. The molecule has 3 atom stereocenters. The summed E-state index contributed by atoms with van der Waals surface area (Å²) in [4.78, 5) is 79.1. The number of amides is 5. The highest BCUT2D eigenvalue weighted by atomic mass is 32.2. The average Bonchev–Trinajstić information content (AvgIpc) is 3.35. The highest BCUT2D eigenvalue weighted by Gasteiger charge is 2.28. The van der Waals surface area contributed by atoms with Crippen LogP contribution in [0.1, 0.15) is 31.4 Å². The van der Waals surface area contributed by atoms with E-state index in [-0.39, 0.29) is 44.1 Å². The summed E-state index contributed by atoms with van der Waals surface area (Å²) in [6.07, 6.45) is 3.16. The number of carbonyl (C=O) groups is 6. The molecule has 10 N–H and O–H groups in total. The third kappa shape index (κ3) is 12.1. The third-order valence-electron chi connectivity index (χ3n) is 5.63. The standard InChI is InChI=1S/C22H35N11O7S/c1-41-6-4-14-21(40)30-13(3-2-5-25-22(23)24)19(38)27-9-16(34)29-15(7-18(36)37)20(39)26-8-12-10-33(32-31-12)11-17(35)28-14/h10,13-15H,2-9,11H2,1H3,(H,26,39)(H,27,38)(H,28,35)(H,29,34)(H,30,40)(H,36,37)(H4,23,24,25)/t13-,14+,15-/m1/s1. The highest BCUT2D eigenvalue weighted by molar-refractivity contribution is 7.98. The van der Waals surface area contributed by atoms with Crippen molar-refractivity contribution in [2.45, 2.75) is 56.9 Å². The van der Waals surface area contributed by atoms with Gasteiger partial charge >= 0.3 is 5.97 Å². The van der Waals surface area contributed by atoms with Gasteiger partial charge in [-0.2, -0.15) is 11.8 Å². The number of thioether (sulfide) groups is 1. The lowest BCUT2D eigenvalue weighted by atomic mass is 10.1. The summed E-state index contributed by atoms with van der Waals surface area (Å²) < 4.78 is 1.20. The Hall–Kier alpha value is -4.42. The zero-order valence-corrected chi connectivity index (χ0v) is 23.2. The molecule has 0 saturated carbocycles. The van der Waals surface area contributed by atoms with E-state index in [1.165, 1.54) is 22.6 Å². The van der Waals surface area contributed by atoms with Gasteiger partial charge in [-0.3, -0.25) is 33.8 Å². The van der Waals surface area contributed by atoms with Crippen LogP contribution in [0, 0.1) is 0 Å². The summed E-state index contributed by atoms with van der Waals surface area (Å²) in [5.41, 5.74) is 10.9. The zero-order chi connectivity index (χ0) is 30.4. The summed E-state index contributed by atoms with van der Waals surface area (Å²) in [7, 11) is 0. The lowest BCUT2D eigenvalue weighted by Gasteiger charge is -2.23. The van der Waals surface area contributed by atoms with Gasteiger partial charge < -0.3 is 43.2 Å². The Labute approximate surface area is 239 Å². The largest absolute Gasteiger partial charge is 0.481 e. The minimum atomic E-state index is -1.45. The fourth-order valence-electron chi connectivity index (χ4n) is 3.65. The molecule has 0 fully saturated rings. The van der Waals surface area contributed by atoms with Gasteiger partial charge in [-0.1, -0.05) is 5.21 Å². The van der Waals surface area contributed by atoms with Gasteiger partial charge in [0.2, 0.25) is 29.5 Å². The SMILES string of the molecule is CSCC[C@@H]1NC(=O)Cn2cc(nn2)CNC(=O)[C@@H](CC(=O)O)NC(=O)CNC(=O)[C@@H](CCCN=C(N)N)NC1=O. The molecule has 5 amide bonds. The molecule has 2 bridgehead atoms. The van der Waals surface area contributed by atoms with E-state index in [4.69, 9.17) is 11.5 Å². The van der Waals surface area contributed by atoms with Gasteiger partial charge in [0, 0.05) is 6.54 Å². The summed E-state index contributed by atoms with van der Waals surface area (Å²) in [5.74, 6) is -4.48. The van der Waals surface area contributed by atoms with Crippen molar-refractivity contribution in [3.63, 3.8) is 0 Å². The molecule has 0 radical (unpaired) electrons. The predicted octanol–water partition coefficient (Wildman–Crippen LogP) is -4.24. The second kappa shape index (κ2) is 16.6. The van der Waals surface area contributed by atoms with Crippen LogP contribution in [0.15, 0.2) is 11.2 Å². The van der Waals surface area contributed by atoms with E-state index in [1.54, 1.807) is 0 Å². The van der Waals surface area contributed by atoms with Crippen molar-refractivity contribution in [1.29, 1.82) is 0 Å². The number of rotatable bonds is 9. The Bertz CT molecular complexity index is 1140. The van der Waals surface area contributed by atoms with Crippen molar-refractivity contribution in [3.05, 3.63) is 11.9 Å². The van der Waals surface area contributed by atoms with E-state index in [2.05, 4.69) is 41.9 Å². The third-order valence-corrected chi connectivity index (χ3v) is 6.27. The lowest BCUT2D eigenvalue weighted by Crippen LogP contribution is -2.55. The first-order chi connectivity index (χ1) is 19.5.